The summed E-state index contributed by atoms with van der Waals surface area (Å²) in [6, 6.07) is 0.896. The average molecular weight is 349 g/mol. The minimum absolute atomic E-state index is 0.418. The van der Waals surface area contributed by atoms with E-state index in [1.807, 2.05) is 0 Å². The molecule has 0 aliphatic carbocycles. The largest absolute Gasteiger partial charge is 0.491 e. The fraction of sp³-hybridized carbons (Fsp3) is 0.143. The molecule has 0 bridgehead atoms. The summed E-state index contributed by atoms with van der Waals surface area (Å²) in [4.78, 5) is 9.92. The van der Waals surface area contributed by atoms with Gasteiger partial charge in [0.05, 0.1) is 24.7 Å². The quantitative estimate of drug-likeness (QED) is 0.363. The highest BCUT2D eigenvalue weighted by Crippen LogP contribution is 2.40. The topological polar surface area (TPSA) is 61.6 Å². The maximum absolute atomic E-state index is 14.1. The smallest absolute Gasteiger partial charge is 0.311 e. The van der Waals surface area contributed by atoms with Crippen LogP contribution >= 0.6 is 0 Å². The van der Waals surface area contributed by atoms with Crippen molar-refractivity contribution in [3.63, 3.8) is 0 Å². The van der Waals surface area contributed by atoms with E-state index in [-0.39, 0.29) is 0 Å². The van der Waals surface area contributed by atoms with Gasteiger partial charge < -0.3 is 9.47 Å². The minimum atomic E-state index is -1.95. The monoisotopic (exact) mass is 349 g/mol. The fourth-order valence-electron chi connectivity index (χ4n) is 2.07. The first kappa shape index (κ1) is 17.4. The van der Waals surface area contributed by atoms with Gasteiger partial charge in [0.15, 0.2) is 23.1 Å². The van der Waals surface area contributed by atoms with Crippen LogP contribution in [-0.2, 0) is 0 Å². The number of nitrogens with zero attached hydrogens (tertiary/aromatic N) is 1. The van der Waals surface area contributed by atoms with Crippen molar-refractivity contribution in [1.82, 2.24) is 0 Å². The molecule has 0 N–H and O–H groups in total. The molecule has 0 amide bonds. The Morgan fingerprint density at radius 2 is 1.46 bits per heavy atom. The molecule has 0 unspecified atom stereocenters. The Kier molecular flexibility index (Phi) is 4.58. The van der Waals surface area contributed by atoms with Gasteiger partial charge in [0, 0.05) is 17.7 Å². The van der Waals surface area contributed by atoms with Crippen molar-refractivity contribution in [1.29, 1.82) is 0 Å². The van der Waals surface area contributed by atoms with Gasteiger partial charge in [0.25, 0.3) is 0 Å². The van der Waals surface area contributed by atoms with Crippen LogP contribution in [-0.4, -0.2) is 19.1 Å². The fourth-order valence-corrected chi connectivity index (χ4v) is 2.07. The van der Waals surface area contributed by atoms with E-state index in [0.717, 1.165) is 14.2 Å². The maximum atomic E-state index is 14.1. The predicted molar refractivity (Wildman–Crippen MR) is 71.4 cm³/mol. The van der Waals surface area contributed by atoms with E-state index in [1.54, 1.807) is 0 Å². The first-order valence-corrected chi connectivity index (χ1v) is 6.16. The summed E-state index contributed by atoms with van der Waals surface area (Å²) in [5.74, 6) is -10.9. The Morgan fingerprint density at radius 3 is 1.88 bits per heavy atom. The molecule has 2 aromatic carbocycles. The molecule has 10 heteroatoms. The molecular formula is C14H8F5NO4. The Labute approximate surface area is 131 Å². The zero-order chi connectivity index (χ0) is 18.2. The lowest BCUT2D eigenvalue weighted by atomic mass is 10.0. The van der Waals surface area contributed by atoms with Crippen molar-refractivity contribution in [2.24, 2.45) is 0 Å². The van der Waals surface area contributed by atoms with Crippen molar-refractivity contribution in [3.8, 4) is 22.6 Å². The van der Waals surface area contributed by atoms with Crippen LogP contribution < -0.4 is 9.47 Å². The third-order valence-corrected chi connectivity index (χ3v) is 3.16. The summed E-state index contributed by atoms with van der Waals surface area (Å²) in [5.41, 5.74) is -3.32. The summed E-state index contributed by atoms with van der Waals surface area (Å²) in [6.45, 7) is 0. The van der Waals surface area contributed by atoms with E-state index in [1.165, 1.54) is 0 Å². The first-order chi connectivity index (χ1) is 11.2. The molecule has 2 aromatic rings. The van der Waals surface area contributed by atoms with Crippen LogP contribution in [0.2, 0.25) is 0 Å². The molecule has 0 aliphatic heterocycles. The van der Waals surface area contributed by atoms with Crippen molar-refractivity contribution in [2.75, 3.05) is 14.2 Å². The number of nitro groups is 1. The van der Waals surface area contributed by atoms with Gasteiger partial charge in [-0.1, -0.05) is 0 Å². The number of nitro benzene ring substituents is 1. The van der Waals surface area contributed by atoms with Crippen molar-refractivity contribution in [2.45, 2.75) is 0 Å². The number of ether oxygens (including phenoxy) is 2. The second-order valence-corrected chi connectivity index (χ2v) is 4.43. The molecule has 0 heterocycles. The van der Waals surface area contributed by atoms with Crippen LogP contribution in [0.15, 0.2) is 12.1 Å². The number of methoxy groups -OCH3 is 2. The molecule has 2 rings (SSSR count). The predicted octanol–water partition coefficient (Wildman–Crippen LogP) is 3.97. The van der Waals surface area contributed by atoms with E-state index in [0.29, 0.717) is 12.1 Å². The summed E-state index contributed by atoms with van der Waals surface area (Å²) in [5, 5.41) is 10.9. The highest BCUT2D eigenvalue weighted by atomic mass is 19.2. The second-order valence-electron chi connectivity index (χ2n) is 4.43. The number of halogens is 5. The van der Waals surface area contributed by atoms with Gasteiger partial charge in [-0.25, -0.2) is 13.2 Å². The Morgan fingerprint density at radius 1 is 0.917 bits per heavy atom. The lowest BCUT2D eigenvalue weighted by Crippen LogP contribution is -2.05. The first-order valence-electron chi connectivity index (χ1n) is 6.16. The number of hydrogen-bond donors (Lipinski definition) is 0. The second kappa shape index (κ2) is 6.30. The molecule has 0 fully saturated rings. The van der Waals surface area contributed by atoms with E-state index in [4.69, 9.17) is 0 Å². The summed E-state index contributed by atoms with van der Waals surface area (Å²) in [7, 11) is 1.79. The average Bonchev–Trinajstić information content (AvgIpc) is 2.54. The van der Waals surface area contributed by atoms with Gasteiger partial charge in [-0.3, -0.25) is 10.1 Å². The van der Waals surface area contributed by atoms with Crippen LogP contribution in [0, 0.1) is 39.2 Å². The minimum Gasteiger partial charge on any atom is -0.491 e. The zero-order valence-electron chi connectivity index (χ0n) is 12.1. The third-order valence-electron chi connectivity index (χ3n) is 3.16. The molecule has 0 saturated heterocycles. The number of benzene rings is 2. The molecule has 5 nitrogen and oxygen atoms in total. The molecule has 0 aromatic heterocycles. The Balaban J connectivity index is 2.87. The molecule has 0 saturated carbocycles. The number of hydrogen-bond acceptors (Lipinski definition) is 4. The van der Waals surface area contributed by atoms with Crippen LogP contribution in [0.1, 0.15) is 0 Å². The van der Waals surface area contributed by atoms with Crippen LogP contribution in [0.25, 0.3) is 11.1 Å². The molecule has 0 spiro atoms. The van der Waals surface area contributed by atoms with Crippen molar-refractivity contribution >= 4 is 5.69 Å². The van der Waals surface area contributed by atoms with Crippen molar-refractivity contribution < 1.29 is 36.3 Å². The Bertz CT molecular complexity index is 812. The van der Waals surface area contributed by atoms with Gasteiger partial charge >= 0.3 is 5.69 Å². The molecule has 128 valence electrons. The maximum Gasteiger partial charge on any atom is 0.311 e. The van der Waals surface area contributed by atoms with Crippen molar-refractivity contribution in [3.05, 3.63) is 51.3 Å². The third kappa shape index (κ3) is 2.59. The lowest BCUT2D eigenvalue weighted by Gasteiger charge is -2.12. The summed E-state index contributed by atoms with van der Waals surface area (Å²) < 4.78 is 78.4. The van der Waals surface area contributed by atoms with E-state index < -0.39 is 62.3 Å². The van der Waals surface area contributed by atoms with Crippen LogP contribution in [0.3, 0.4) is 0 Å². The molecular weight excluding hydrogens is 341 g/mol. The standard InChI is InChI=1S/C14H8F5NO4/c1-23-8-4-6(15)5(3-7(8)20(21)22)9-10(16)12(18)14(24-2)13(19)11(9)17/h3-4H,1-2H3. The van der Waals surface area contributed by atoms with Gasteiger partial charge in [-0.05, 0) is 0 Å². The molecule has 24 heavy (non-hydrogen) atoms. The van der Waals surface area contributed by atoms with E-state index in [2.05, 4.69) is 9.47 Å². The molecule has 0 aliphatic rings. The van der Waals surface area contributed by atoms with Gasteiger partial charge in [0.2, 0.25) is 11.6 Å². The van der Waals surface area contributed by atoms with Crippen LogP contribution in [0.4, 0.5) is 27.6 Å². The van der Waals surface area contributed by atoms with E-state index >= 15 is 0 Å². The van der Waals surface area contributed by atoms with Gasteiger partial charge in [-0.2, -0.15) is 8.78 Å². The SMILES string of the molecule is COc1cc(F)c(-c2c(F)c(F)c(OC)c(F)c2F)cc1[N+](=O)[O-]. The van der Waals surface area contributed by atoms with Gasteiger partial charge in [-0.15, -0.1) is 0 Å². The highest BCUT2D eigenvalue weighted by Gasteiger charge is 2.30. The lowest BCUT2D eigenvalue weighted by molar-refractivity contribution is -0.385. The highest BCUT2D eigenvalue weighted by molar-refractivity contribution is 5.71. The molecule has 0 radical (unpaired) electrons. The van der Waals surface area contributed by atoms with Gasteiger partial charge in [0.1, 0.15) is 5.82 Å². The molecule has 0 atom stereocenters. The summed E-state index contributed by atoms with van der Waals surface area (Å²) >= 11 is 0. The summed E-state index contributed by atoms with van der Waals surface area (Å²) in [6.07, 6.45) is 0. The normalized spacial score (nSPS) is 10.6. The van der Waals surface area contributed by atoms with E-state index in [9.17, 15) is 32.1 Å². The Hall–Kier alpha value is -2.91. The number of rotatable bonds is 4. The van der Waals surface area contributed by atoms with Crippen LogP contribution in [0.5, 0.6) is 11.5 Å². The zero-order valence-corrected chi connectivity index (χ0v) is 12.1.